The topological polar surface area (TPSA) is 42.0 Å². The van der Waals surface area contributed by atoms with Gasteiger partial charge in [0.05, 0.1) is 15.3 Å². The minimum atomic E-state index is -0.128. The second-order valence-electron chi connectivity index (χ2n) is 5.17. The van der Waals surface area contributed by atoms with Crippen molar-refractivity contribution in [1.29, 1.82) is 0 Å². The molecule has 0 unspecified atom stereocenters. The highest BCUT2D eigenvalue weighted by Crippen LogP contribution is 2.43. The first-order valence-corrected chi connectivity index (χ1v) is 10.4. The van der Waals surface area contributed by atoms with E-state index in [1.165, 1.54) is 29.6 Å². The highest BCUT2D eigenvalue weighted by Gasteiger charge is 2.16. The third kappa shape index (κ3) is 4.86. The Kier molecular flexibility index (Phi) is 5.80. The summed E-state index contributed by atoms with van der Waals surface area (Å²) in [6.07, 6.45) is 4.56. The lowest BCUT2D eigenvalue weighted by atomic mass is 10.2. The summed E-state index contributed by atoms with van der Waals surface area (Å²) in [5.41, 5.74) is 2.95. The van der Waals surface area contributed by atoms with Crippen molar-refractivity contribution in [3.05, 3.63) is 52.0 Å². The Morgan fingerprint density at radius 1 is 1.35 bits per heavy atom. The van der Waals surface area contributed by atoms with E-state index in [9.17, 15) is 4.79 Å². The first kappa shape index (κ1) is 16.6. The maximum absolute atomic E-state index is 12.0. The van der Waals surface area contributed by atoms with Crippen LogP contribution in [0.15, 0.2) is 35.7 Å². The normalized spacial score (nSPS) is 15.9. The highest BCUT2D eigenvalue weighted by molar-refractivity contribution is 8.16. The molecular formula is C17H18N2OS3. The largest absolute Gasteiger partial charge is 0.323 e. The van der Waals surface area contributed by atoms with Crippen LogP contribution in [0.25, 0.3) is 6.08 Å². The number of thioether (sulfide) groups is 2. The Labute approximate surface area is 149 Å². The SMILES string of the molecule is Cc1nc(/C=C/C(=O)Nc2cccc(C3SCCCS3)c2)cs1. The van der Waals surface area contributed by atoms with Crippen molar-refractivity contribution in [1.82, 2.24) is 4.98 Å². The van der Waals surface area contributed by atoms with Crippen molar-refractivity contribution in [3.63, 3.8) is 0 Å². The molecule has 23 heavy (non-hydrogen) atoms. The molecule has 1 aliphatic heterocycles. The van der Waals surface area contributed by atoms with Crippen LogP contribution in [0.1, 0.15) is 27.3 Å². The molecule has 0 bridgehead atoms. The maximum Gasteiger partial charge on any atom is 0.248 e. The summed E-state index contributed by atoms with van der Waals surface area (Å²) in [7, 11) is 0. The quantitative estimate of drug-likeness (QED) is 0.780. The number of anilines is 1. The van der Waals surface area contributed by atoms with Gasteiger partial charge in [0.15, 0.2) is 0 Å². The number of thiazole rings is 1. The number of aromatic nitrogens is 1. The Hall–Kier alpha value is -1.24. The van der Waals surface area contributed by atoms with Gasteiger partial charge in [-0.05, 0) is 48.6 Å². The number of carbonyl (C=O) groups is 1. The number of benzene rings is 1. The zero-order valence-electron chi connectivity index (χ0n) is 12.8. The minimum absolute atomic E-state index is 0.128. The lowest BCUT2D eigenvalue weighted by Gasteiger charge is -2.21. The van der Waals surface area contributed by atoms with Gasteiger partial charge in [-0.25, -0.2) is 4.98 Å². The molecule has 1 fully saturated rings. The van der Waals surface area contributed by atoms with Crippen LogP contribution in [0.5, 0.6) is 0 Å². The Bertz CT molecular complexity index is 705. The smallest absolute Gasteiger partial charge is 0.248 e. The van der Waals surface area contributed by atoms with E-state index in [2.05, 4.69) is 22.4 Å². The van der Waals surface area contributed by atoms with Gasteiger partial charge in [-0.1, -0.05) is 12.1 Å². The van der Waals surface area contributed by atoms with Crippen LogP contribution in [0, 0.1) is 6.92 Å². The third-order valence-electron chi connectivity index (χ3n) is 3.30. The Morgan fingerprint density at radius 2 is 2.17 bits per heavy atom. The molecule has 6 heteroatoms. The molecule has 1 amide bonds. The van der Waals surface area contributed by atoms with Gasteiger partial charge < -0.3 is 5.32 Å². The van der Waals surface area contributed by atoms with Gasteiger partial charge in [0.2, 0.25) is 5.91 Å². The van der Waals surface area contributed by atoms with Gasteiger partial charge in [-0.3, -0.25) is 4.79 Å². The molecule has 1 N–H and O–H groups in total. The summed E-state index contributed by atoms with van der Waals surface area (Å²) >= 11 is 5.54. The van der Waals surface area contributed by atoms with E-state index in [4.69, 9.17) is 0 Å². The molecule has 0 atom stereocenters. The van der Waals surface area contributed by atoms with Crippen LogP contribution in [0.3, 0.4) is 0 Å². The number of amides is 1. The number of carbonyl (C=O) groups excluding carboxylic acids is 1. The molecule has 0 radical (unpaired) electrons. The average Bonchev–Trinajstić information content (AvgIpc) is 3.00. The van der Waals surface area contributed by atoms with Crippen LogP contribution in [-0.4, -0.2) is 22.4 Å². The fourth-order valence-electron chi connectivity index (χ4n) is 2.24. The number of hydrogen-bond acceptors (Lipinski definition) is 5. The van der Waals surface area contributed by atoms with Gasteiger partial charge >= 0.3 is 0 Å². The van der Waals surface area contributed by atoms with Gasteiger partial charge in [0.25, 0.3) is 0 Å². The predicted molar refractivity (Wildman–Crippen MR) is 103 cm³/mol. The summed E-state index contributed by atoms with van der Waals surface area (Å²) in [6.45, 7) is 1.95. The zero-order chi connectivity index (χ0) is 16.1. The number of rotatable bonds is 4. The van der Waals surface area contributed by atoms with Crippen molar-refractivity contribution in [2.24, 2.45) is 0 Å². The summed E-state index contributed by atoms with van der Waals surface area (Å²) in [5.74, 6) is 2.30. The van der Waals surface area contributed by atoms with Crippen LogP contribution in [0.4, 0.5) is 5.69 Å². The molecule has 3 rings (SSSR count). The predicted octanol–water partition coefficient (Wildman–Crippen LogP) is 4.97. The van der Waals surface area contributed by atoms with Crippen molar-refractivity contribution in [2.45, 2.75) is 17.9 Å². The fourth-order valence-corrected chi connectivity index (χ4v) is 5.70. The monoisotopic (exact) mass is 362 g/mol. The average molecular weight is 363 g/mol. The molecule has 120 valence electrons. The molecule has 3 nitrogen and oxygen atoms in total. The van der Waals surface area contributed by atoms with Crippen molar-refractivity contribution >= 4 is 52.5 Å². The number of nitrogens with one attached hydrogen (secondary N) is 1. The van der Waals surface area contributed by atoms with E-state index < -0.39 is 0 Å². The second-order valence-corrected chi connectivity index (χ2v) is 8.95. The molecule has 1 aromatic carbocycles. The highest BCUT2D eigenvalue weighted by atomic mass is 32.2. The van der Waals surface area contributed by atoms with Crippen LogP contribution < -0.4 is 5.32 Å². The molecule has 2 aromatic rings. The van der Waals surface area contributed by atoms with Crippen molar-refractivity contribution < 1.29 is 4.79 Å². The number of aryl methyl sites for hydroxylation is 1. The van der Waals surface area contributed by atoms with E-state index >= 15 is 0 Å². The fraction of sp³-hybridized carbons (Fsp3) is 0.294. The minimum Gasteiger partial charge on any atom is -0.323 e. The van der Waals surface area contributed by atoms with Crippen molar-refractivity contribution in [3.8, 4) is 0 Å². The van der Waals surface area contributed by atoms with E-state index in [0.29, 0.717) is 4.58 Å². The molecule has 2 heterocycles. The van der Waals surface area contributed by atoms with E-state index in [1.807, 2.05) is 48.0 Å². The second kappa shape index (κ2) is 8.04. The third-order valence-corrected chi connectivity index (χ3v) is 7.10. The number of hydrogen-bond donors (Lipinski definition) is 1. The molecule has 0 spiro atoms. The summed E-state index contributed by atoms with van der Waals surface area (Å²) < 4.78 is 0.481. The molecular weight excluding hydrogens is 344 g/mol. The first-order chi connectivity index (χ1) is 11.2. The Balaban J connectivity index is 1.63. The summed E-state index contributed by atoms with van der Waals surface area (Å²) in [5, 5.41) is 5.87. The summed E-state index contributed by atoms with van der Waals surface area (Å²) in [6, 6.07) is 8.16. The van der Waals surface area contributed by atoms with Crippen LogP contribution in [-0.2, 0) is 4.79 Å². The van der Waals surface area contributed by atoms with Gasteiger partial charge in [-0.15, -0.1) is 34.9 Å². The van der Waals surface area contributed by atoms with Crippen molar-refractivity contribution in [2.75, 3.05) is 16.8 Å². The van der Waals surface area contributed by atoms with E-state index in [0.717, 1.165) is 16.4 Å². The lowest BCUT2D eigenvalue weighted by Crippen LogP contribution is -2.08. The molecule has 0 saturated carbocycles. The van der Waals surface area contributed by atoms with E-state index in [1.54, 1.807) is 17.4 Å². The van der Waals surface area contributed by atoms with Crippen LogP contribution in [0.2, 0.25) is 0 Å². The zero-order valence-corrected chi connectivity index (χ0v) is 15.3. The summed E-state index contributed by atoms with van der Waals surface area (Å²) in [4.78, 5) is 16.4. The molecule has 1 aromatic heterocycles. The molecule has 0 aliphatic carbocycles. The Morgan fingerprint density at radius 3 is 2.91 bits per heavy atom. The maximum atomic E-state index is 12.0. The van der Waals surface area contributed by atoms with E-state index in [-0.39, 0.29) is 5.91 Å². The van der Waals surface area contributed by atoms with Gasteiger partial charge in [0.1, 0.15) is 0 Å². The molecule has 1 saturated heterocycles. The first-order valence-electron chi connectivity index (χ1n) is 7.45. The van der Waals surface area contributed by atoms with Gasteiger partial charge in [-0.2, -0.15) is 0 Å². The van der Waals surface area contributed by atoms with Gasteiger partial charge in [0, 0.05) is 17.1 Å². The van der Waals surface area contributed by atoms with Crippen LogP contribution >= 0.6 is 34.9 Å². The standard InChI is InChI=1S/C17H18N2OS3/c1-12-18-15(11-23-12)6-7-16(20)19-14-5-2-4-13(10-14)17-21-8-3-9-22-17/h2,4-7,10-11,17H,3,8-9H2,1H3,(H,19,20)/b7-6+. The lowest BCUT2D eigenvalue weighted by molar-refractivity contribution is -0.111. The number of nitrogens with zero attached hydrogens (tertiary/aromatic N) is 1. The molecule has 1 aliphatic rings.